The molecule has 98 valence electrons. The maximum absolute atomic E-state index is 8.81. The Labute approximate surface area is 108 Å². The molecule has 1 aromatic heterocycles. The van der Waals surface area contributed by atoms with Gasteiger partial charge in [-0.2, -0.15) is 5.10 Å². The van der Waals surface area contributed by atoms with Crippen LogP contribution in [0.1, 0.15) is 11.1 Å². The van der Waals surface area contributed by atoms with E-state index in [-0.39, 0.29) is 0 Å². The zero-order valence-electron chi connectivity index (χ0n) is 10.6. The highest BCUT2D eigenvalue weighted by atomic mass is 32.2. The van der Waals surface area contributed by atoms with E-state index in [2.05, 4.69) is 48.5 Å². The number of aryl methyl sites for hydroxylation is 3. The van der Waals surface area contributed by atoms with Crippen LogP contribution in [0.25, 0.3) is 11.1 Å². The first kappa shape index (κ1) is 14.4. The minimum Gasteiger partial charge on any atom is -0.275 e. The summed E-state index contributed by atoms with van der Waals surface area (Å²) < 4.78 is 19.5. The molecular weight excluding hydrogens is 250 g/mol. The second-order valence-electron chi connectivity index (χ2n) is 3.95. The number of benzene rings is 1. The highest BCUT2D eigenvalue weighted by molar-refractivity contribution is 7.69. The van der Waals surface area contributed by atoms with Gasteiger partial charge in [0.25, 0.3) is 0 Å². The van der Waals surface area contributed by atoms with Crippen molar-refractivity contribution in [3.63, 3.8) is 0 Å². The van der Waals surface area contributed by atoms with E-state index >= 15 is 0 Å². The number of rotatable bonds is 1. The molecular formula is C12H17N3O2S. The lowest BCUT2D eigenvalue weighted by molar-refractivity contribution is 0.616. The van der Waals surface area contributed by atoms with Gasteiger partial charge in [-0.05, 0) is 30.5 Å². The first-order valence-corrected chi connectivity index (χ1v) is 6.61. The number of thiol groups is 1. The molecule has 1 heterocycles. The van der Waals surface area contributed by atoms with Crippen molar-refractivity contribution in [1.82, 2.24) is 9.78 Å². The molecule has 0 spiro atoms. The highest BCUT2D eigenvalue weighted by Gasteiger charge is 2.06. The molecule has 0 saturated heterocycles. The SMILES string of the molecule is Cc1cccc(C)c1-c1cnn(C)c1.N[SH](=O)=O. The second-order valence-corrected chi connectivity index (χ2v) is 4.53. The summed E-state index contributed by atoms with van der Waals surface area (Å²) in [5, 5.41) is 8.26. The van der Waals surface area contributed by atoms with Crippen LogP contribution in [0.3, 0.4) is 0 Å². The summed E-state index contributed by atoms with van der Waals surface area (Å²) in [5.41, 5.74) is 5.11. The molecule has 0 fully saturated rings. The lowest BCUT2D eigenvalue weighted by atomic mass is 9.98. The molecule has 0 radical (unpaired) electrons. The Morgan fingerprint density at radius 3 is 2.11 bits per heavy atom. The summed E-state index contributed by atoms with van der Waals surface area (Å²) in [6, 6.07) is 6.36. The van der Waals surface area contributed by atoms with E-state index in [1.165, 1.54) is 22.3 Å². The maximum atomic E-state index is 8.81. The van der Waals surface area contributed by atoms with Crippen LogP contribution in [0.15, 0.2) is 30.6 Å². The van der Waals surface area contributed by atoms with Crippen molar-refractivity contribution in [2.45, 2.75) is 13.8 Å². The van der Waals surface area contributed by atoms with Gasteiger partial charge in [-0.25, -0.2) is 13.6 Å². The highest BCUT2D eigenvalue weighted by Crippen LogP contribution is 2.25. The average molecular weight is 267 g/mol. The summed E-state index contributed by atoms with van der Waals surface area (Å²) in [6.45, 7) is 4.27. The van der Waals surface area contributed by atoms with Gasteiger partial charge in [0.15, 0.2) is 10.9 Å². The van der Waals surface area contributed by atoms with E-state index < -0.39 is 10.9 Å². The quantitative estimate of drug-likeness (QED) is 0.761. The van der Waals surface area contributed by atoms with E-state index in [4.69, 9.17) is 8.42 Å². The minimum atomic E-state index is -2.62. The predicted molar refractivity (Wildman–Crippen MR) is 72.6 cm³/mol. The normalized spacial score (nSPS) is 10.1. The summed E-state index contributed by atoms with van der Waals surface area (Å²) in [6.07, 6.45) is 3.96. The van der Waals surface area contributed by atoms with Crippen molar-refractivity contribution in [2.75, 3.05) is 0 Å². The summed E-state index contributed by atoms with van der Waals surface area (Å²) in [7, 11) is -0.679. The Bertz CT molecular complexity index is 575. The van der Waals surface area contributed by atoms with Crippen LogP contribution in [0, 0.1) is 13.8 Å². The summed E-state index contributed by atoms with van der Waals surface area (Å²) in [5.74, 6) is 0. The van der Waals surface area contributed by atoms with Crippen molar-refractivity contribution in [3.05, 3.63) is 41.7 Å². The minimum absolute atomic E-state index is 1.20. The first-order chi connectivity index (χ1) is 8.41. The van der Waals surface area contributed by atoms with Crippen LogP contribution in [0.4, 0.5) is 0 Å². The largest absolute Gasteiger partial charge is 0.275 e. The average Bonchev–Trinajstić information content (AvgIpc) is 2.63. The van der Waals surface area contributed by atoms with Gasteiger partial charge in [-0.3, -0.25) is 4.68 Å². The monoisotopic (exact) mass is 267 g/mol. The van der Waals surface area contributed by atoms with Crippen LogP contribution in [0.2, 0.25) is 0 Å². The first-order valence-electron chi connectivity index (χ1n) is 5.36. The van der Waals surface area contributed by atoms with Crippen LogP contribution in [0.5, 0.6) is 0 Å². The van der Waals surface area contributed by atoms with Crippen LogP contribution in [-0.2, 0) is 17.9 Å². The van der Waals surface area contributed by atoms with Gasteiger partial charge in [-0.15, -0.1) is 0 Å². The maximum Gasteiger partial charge on any atom is 0.198 e. The molecule has 2 aromatic rings. The zero-order chi connectivity index (χ0) is 13.7. The summed E-state index contributed by atoms with van der Waals surface area (Å²) in [4.78, 5) is 0. The van der Waals surface area contributed by atoms with E-state index in [1.807, 2.05) is 17.9 Å². The van der Waals surface area contributed by atoms with Crippen LogP contribution < -0.4 is 5.14 Å². The third-order valence-electron chi connectivity index (χ3n) is 2.47. The Hall–Kier alpha value is -1.66. The molecule has 0 bridgehead atoms. The molecule has 0 atom stereocenters. The third-order valence-corrected chi connectivity index (χ3v) is 2.47. The standard InChI is InChI=1S/C12H14N2.H3NO2S/c1-9-5-4-6-10(2)12(9)11-7-13-14(3)8-11;1-4(2)3/h4-8H,1-3H3;4H,(H2,1,2,3). The number of aromatic nitrogens is 2. The lowest BCUT2D eigenvalue weighted by Gasteiger charge is -2.06. The topological polar surface area (TPSA) is 78.0 Å². The van der Waals surface area contributed by atoms with E-state index in [0.717, 1.165) is 0 Å². The molecule has 1 aromatic carbocycles. The smallest absolute Gasteiger partial charge is 0.198 e. The molecule has 2 N–H and O–H groups in total. The number of hydrogen-bond donors (Lipinski definition) is 2. The van der Waals surface area contributed by atoms with Gasteiger partial charge in [-0.1, -0.05) is 18.2 Å². The fourth-order valence-corrected chi connectivity index (χ4v) is 1.82. The molecule has 0 aliphatic heterocycles. The number of nitrogens with two attached hydrogens (primary N) is 1. The fraction of sp³-hybridized carbons (Fsp3) is 0.250. The fourth-order valence-electron chi connectivity index (χ4n) is 1.82. The molecule has 6 heteroatoms. The van der Waals surface area contributed by atoms with Gasteiger partial charge in [0.1, 0.15) is 0 Å². The molecule has 0 saturated carbocycles. The van der Waals surface area contributed by atoms with Crippen molar-refractivity contribution in [2.24, 2.45) is 12.2 Å². The molecule has 0 amide bonds. The van der Waals surface area contributed by atoms with E-state index in [1.54, 1.807) is 0 Å². The van der Waals surface area contributed by atoms with E-state index in [9.17, 15) is 0 Å². The lowest BCUT2D eigenvalue weighted by Crippen LogP contribution is -1.86. The van der Waals surface area contributed by atoms with Crippen molar-refractivity contribution in [3.8, 4) is 11.1 Å². The predicted octanol–water partition coefficient (Wildman–Crippen LogP) is 1.18. The molecule has 0 aliphatic rings. The molecule has 2 rings (SSSR count). The van der Waals surface area contributed by atoms with E-state index in [0.29, 0.717) is 0 Å². The van der Waals surface area contributed by atoms with Crippen molar-refractivity contribution >= 4 is 10.9 Å². The van der Waals surface area contributed by atoms with Crippen molar-refractivity contribution in [1.29, 1.82) is 0 Å². The molecule has 0 unspecified atom stereocenters. The molecule has 0 aliphatic carbocycles. The van der Waals surface area contributed by atoms with Crippen LogP contribution in [-0.4, -0.2) is 18.2 Å². The van der Waals surface area contributed by atoms with Crippen LogP contribution >= 0.6 is 0 Å². The van der Waals surface area contributed by atoms with Gasteiger partial charge >= 0.3 is 0 Å². The number of nitrogens with zero attached hydrogens (tertiary/aromatic N) is 2. The zero-order valence-corrected chi connectivity index (χ0v) is 11.5. The Morgan fingerprint density at radius 1 is 1.22 bits per heavy atom. The Morgan fingerprint density at radius 2 is 1.72 bits per heavy atom. The Kier molecular flexibility index (Phi) is 5.06. The molecule has 5 nitrogen and oxygen atoms in total. The molecule has 18 heavy (non-hydrogen) atoms. The van der Waals surface area contributed by atoms with Gasteiger partial charge in [0.05, 0.1) is 6.20 Å². The summed E-state index contributed by atoms with van der Waals surface area (Å²) >= 11 is 0. The van der Waals surface area contributed by atoms with Gasteiger partial charge < -0.3 is 0 Å². The second kappa shape index (κ2) is 6.32. The van der Waals surface area contributed by atoms with Gasteiger partial charge in [0.2, 0.25) is 0 Å². The van der Waals surface area contributed by atoms with Crippen molar-refractivity contribution < 1.29 is 8.42 Å². The number of hydrogen-bond acceptors (Lipinski definition) is 3. The Balaban J connectivity index is 0.000000357. The van der Waals surface area contributed by atoms with Gasteiger partial charge in [0, 0.05) is 18.8 Å². The third kappa shape index (κ3) is 3.97.